The molecule has 1 aromatic carbocycles. The number of anilines is 1. The monoisotopic (exact) mass is 301 g/mol. The van der Waals surface area contributed by atoms with Gasteiger partial charge in [0.25, 0.3) is 0 Å². The van der Waals surface area contributed by atoms with Crippen LogP contribution in [0.1, 0.15) is 13.8 Å². The third kappa shape index (κ3) is 3.40. The van der Waals surface area contributed by atoms with Crippen LogP contribution < -0.4 is 16.2 Å². The van der Waals surface area contributed by atoms with Gasteiger partial charge in [-0.3, -0.25) is 4.79 Å². The Labute approximate surface area is 118 Å². The Morgan fingerprint density at radius 2 is 2.00 bits per heavy atom. The molecule has 7 nitrogen and oxygen atoms in total. The molecular weight excluding hydrogens is 282 g/mol. The smallest absolute Gasteiger partial charge is 0.247 e. The van der Waals surface area contributed by atoms with Crippen LogP contribution in [-0.2, 0) is 14.8 Å². The van der Waals surface area contributed by atoms with E-state index in [2.05, 4.69) is 0 Å². The van der Waals surface area contributed by atoms with Crippen molar-refractivity contribution in [2.24, 2.45) is 5.73 Å². The first-order chi connectivity index (χ1) is 9.20. The average molecular weight is 301 g/mol. The molecule has 0 bridgehead atoms. The summed E-state index contributed by atoms with van der Waals surface area (Å²) in [6.07, 6.45) is 0. The first-order valence-electron chi connectivity index (χ1n) is 5.93. The van der Waals surface area contributed by atoms with E-state index in [0.717, 1.165) is 4.31 Å². The number of ether oxygens (including phenoxy) is 1. The second kappa shape index (κ2) is 6.10. The number of primary amides is 1. The average Bonchev–Trinajstić information content (AvgIpc) is 2.34. The number of amides is 1. The topological polar surface area (TPSA) is 116 Å². The van der Waals surface area contributed by atoms with Crippen LogP contribution in [0, 0.1) is 0 Å². The largest absolute Gasteiger partial charge is 0.495 e. The van der Waals surface area contributed by atoms with Gasteiger partial charge in [-0.25, -0.2) is 8.42 Å². The van der Waals surface area contributed by atoms with Crippen molar-refractivity contribution in [1.82, 2.24) is 4.31 Å². The number of carbonyl (C=O) groups excluding carboxylic acids is 1. The van der Waals surface area contributed by atoms with Gasteiger partial charge in [0.2, 0.25) is 15.9 Å². The molecule has 0 fully saturated rings. The van der Waals surface area contributed by atoms with Gasteiger partial charge < -0.3 is 16.2 Å². The molecule has 20 heavy (non-hydrogen) atoms. The highest BCUT2D eigenvalue weighted by Crippen LogP contribution is 2.29. The number of nitrogens with two attached hydrogens (primary N) is 2. The van der Waals surface area contributed by atoms with Gasteiger partial charge in [0, 0.05) is 17.8 Å². The molecule has 1 rings (SSSR count). The van der Waals surface area contributed by atoms with E-state index in [0.29, 0.717) is 5.69 Å². The van der Waals surface area contributed by atoms with E-state index in [4.69, 9.17) is 16.2 Å². The Kier molecular flexibility index (Phi) is 4.96. The normalized spacial score (nSPS) is 11.8. The fourth-order valence-electron chi connectivity index (χ4n) is 1.72. The fraction of sp³-hybridized carbons (Fsp3) is 0.417. The second-order valence-electron chi connectivity index (χ2n) is 4.52. The minimum Gasteiger partial charge on any atom is -0.495 e. The molecule has 0 aliphatic carbocycles. The number of hydrogen-bond donors (Lipinski definition) is 2. The van der Waals surface area contributed by atoms with Crippen molar-refractivity contribution in [2.45, 2.75) is 24.8 Å². The second-order valence-corrected chi connectivity index (χ2v) is 6.38. The summed E-state index contributed by atoms with van der Waals surface area (Å²) >= 11 is 0. The van der Waals surface area contributed by atoms with E-state index in [1.54, 1.807) is 13.8 Å². The summed E-state index contributed by atoms with van der Waals surface area (Å²) in [5.74, 6) is -0.600. The van der Waals surface area contributed by atoms with E-state index in [-0.39, 0.29) is 10.6 Å². The third-order valence-electron chi connectivity index (χ3n) is 2.66. The van der Waals surface area contributed by atoms with Crippen LogP contribution in [0.4, 0.5) is 5.69 Å². The van der Waals surface area contributed by atoms with Gasteiger partial charge in [-0.1, -0.05) is 0 Å². The Morgan fingerprint density at radius 3 is 2.45 bits per heavy atom. The molecule has 0 aliphatic rings. The lowest BCUT2D eigenvalue weighted by atomic mass is 10.3. The molecule has 1 aromatic rings. The lowest BCUT2D eigenvalue weighted by Crippen LogP contribution is -2.42. The van der Waals surface area contributed by atoms with Crippen molar-refractivity contribution in [1.29, 1.82) is 0 Å². The van der Waals surface area contributed by atoms with E-state index in [1.165, 1.54) is 25.3 Å². The fourth-order valence-corrected chi connectivity index (χ4v) is 3.46. The summed E-state index contributed by atoms with van der Waals surface area (Å²) in [5.41, 5.74) is 11.1. The zero-order valence-electron chi connectivity index (χ0n) is 11.7. The van der Waals surface area contributed by atoms with Gasteiger partial charge in [0.1, 0.15) is 10.6 Å². The van der Waals surface area contributed by atoms with Gasteiger partial charge in [-0.05, 0) is 26.0 Å². The van der Waals surface area contributed by atoms with E-state index in [9.17, 15) is 13.2 Å². The maximum Gasteiger partial charge on any atom is 0.247 e. The Balaban J connectivity index is 3.36. The molecule has 0 aliphatic heterocycles. The molecule has 0 atom stereocenters. The molecule has 8 heteroatoms. The summed E-state index contributed by atoms with van der Waals surface area (Å²) in [7, 11) is -2.55. The van der Waals surface area contributed by atoms with Crippen molar-refractivity contribution in [3.05, 3.63) is 18.2 Å². The van der Waals surface area contributed by atoms with Crippen LogP contribution in [0.3, 0.4) is 0 Å². The lowest BCUT2D eigenvalue weighted by molar-refractivity contribution is -0.118. The molecule has 1 amide bonds. The molecule has 0 saturated carbocycles. The Bertz CT molecular complexity index is 599. The lowest BCUT2D eigenvalue weighted by Gasteiger charge is -2.25. The van der Waals surface area contributed by atoms with Crippen molar-refractivity contribution >= 4 is 21.6 Å². The number of rotatable bonds is 6. The summed E-state index contributed by atoms with van der Waals surface area (Å²) in [6.45, 7) is 2.92. The molecule has 0 saturated heterocycles. The predicted octanol–water partition coefficient (Wildman–Crippen LogP) is 0.162. The Hall–Kier alpha value is -1.80. The van der Waals surface area contributed by atoms with E-state index >= 15 is 0 Å². The van der Waals surface area contributed by atoms with Gasteiger partial charge in [0.15, 0.2) is 0 Å². The maximum absolute atomic E-state index is 12.6. The quantitative estimate of drug-likeness (QED) is 0.726. The minimum atomic E-state index is -3.90. The number of hydrogen-bond acceptors (Lipinski definition) is 5. The molecule has 4 N–H and O–H groups in total. The van der Waals surface area contributed by atoms with Gasteiger partial charge in [-0.15, -0.1) is 0 Å². The Morgan fingerprint density at radius 1 is 1.40 bits per heavy atom. The zero-order valence-corrected chi connectivity index (χ0v) is 12.5. The van der Waals surface area contributed by atoms with Gasteiger partial charge in [-0.2, -0.15) is 4.31 Å². The molecule has 0 heterocycles. The molecule has 0 unspecified atom stereocenters. The highest BCUT2D eigenvalue weighted by molar-refractivity contribution is 7.89. The number of methoxy groups -OCH3 is 1. The summed E-state index contributed by atoms with van der Waals surface area (Å²) in [5, 5.41) is 0. The number of nitrogens with zero attached hydrogens (tertiary/aromatic N) is 1. The SMILES string of the molecule is COc1cc(N)ccc1S(=O)(=O)N(CC(N)=O)C(C)C. The molecular formula is C12H19N3O4S. The van der Waals surface area contributed by atoms with Gasteiger partial charge in [0.05, 0.1) is 13.7 Å². The van der Waals surface area contributed by atoms with E-state index < -0.39 is 28.5 Å². The standard InChI is InChI=1S/C12H19N3O4S/c1-8(2)15(7-12(14)16)20(17,18)11-5-4-9(13)6-10(11)19-3/h4-6,8H,7,13H2,1-3H3,(H2,14,16). The summed E-state index contributed by atoms with van der Waals surface area (Å²) < 4.78 is 31.3. The highest BCUT2D eigenvalue weighted by atomic mass is 32.2. The first-order valence-corrected chi connectivity index (χ1v) is 7.37. The van der Waals surface area contributed by atoms with Crippen LogP contribution in [0.25, 0.3) is 0 Å². The van der Waals surface area contributed by atoms with Crippen LogP contribution in [0.2, 0.25) is 0 Å². The number of sulfonamides is 1. The highest BCUT2D eigenvalue weighted by Gasteiger charge is 2.30. The van der Waals surface area contributed by atoms with Crippen LogP contribution in [-0.4, -0.2) is 38.3 Å². The van der Waals surface area contributed by atoms with Crippen molar-refractivity contribution in [3.63, 3.8) is 0 Å². The molecule has 0 spiro atoms. The van der Waals surface area contributed by atoms with E-state index in [1.807, 2.05) is 0 Å². The van der Waals surface area contributed by atoms with Crippen LogP contribution >= 0.6 is 0 Å². The molecule has 112 valence electrons. The predicted molar refractivity (Wildman–Crippen MR) is 75.6 cm³/mol. The van der Waals surface area contributed by atoms with Gasteiger partial charge >= 0.3 is 0 Å². The third-order valence-corrected chi connectivity index (χ3v) is 4.72. The number of carbonyl (C=O) groups is 1. The number of benzene rings is 1. The maximum atomic E-state index is 12.6. The van der Waals surface area contributed by atoms with Crippen LogP contribution in [0.5, 0.6) is 5.75 Å². The van der Waals surface area contributed by atoms with Crippen LogP contribution in [0.15, 0.2) is 23.1 Å². The summed E-state index contributed by atoms with van der Waals surface area (Å²) in [4.78, 5) is 11.0. The van der Waals surface area contributed by atoms with Crippen molar-refractivity contribution in [3.8, 4) is 5.75 Å². The molecule has 0 radical (unpaired) electrons. The number of nitrogen functional groups attached to an aromatic ring is 1. The zero-order chi connectivity index (χ0) is 15.5. The first kappa shape index (κ1) is 16.3. The minimum absolute atomic E-state index is 0.0517. The van der Waals surface area contributed by atoms with Crippen molar-refractivity contribution in [2.75, 3.05) is 19.4 Å². The molecule has 0 aromatic heterocycles. The summed E-state index contributed by atoms with van der Waals surface area (Å²) in [6, 6.07) is 3.79. The van der Waals surface area contributed by atoms with Crippen molar-refractivity contribution < 1.29 is 17.9 Å².